The molecule has 0 aliphatic carbocycles. The van der Waals surface area contributed by atoms with Crippen LogP contribution in [0.1, 0.15) is 35.1 Å². The fraction of sp³-hybridized carbons (Fsp3) is 0.333. The van der Waals surface area contributed by atoms with Gasteiger partial charge in [0.15, 0.2) is 0 Å². The number of ether oxygens (including phenoxy) is 2. The summed E-state index contributed by atoms with van der Waals surface area (Å²) in [6, 6.07) is 13.5. The number of carbonyl (C=O) groups is 1. The van der Waals surface area contributed by atoms with E-state index in [0.717, 1.165) is 5.56 Å². The van der Waals surface area contributed by atoms with Crippen LogP contribution in [0.4, 0.5) is 0 Å². The van der Waals surface area contributed by atoms with Crippen molar-refractivity contribution in [2.24, 2.45) is 4.99 Å². The maximum atomic E-state index is 12.2. The van der Waals surface area contributed by atoms with Crippen molar-refractivity contribution >= 4 is 23.3 Å². The minimum Gasteiger partial charge on any atom is -0.463 e. The van der Waals surface area contributed by atoms with Crippen molar-refractivity contribution in [2.75, 3.05) is 19.8 Å². The fourth-order valence-electron chi connectivity index (χ4n) is 2.00. The zero-order chi connectivity index (χ0) is 17.2. The van der Waals surface area contributed by atoms with Crippen molar-refractivity contribution in [3.63, 3.8) is 0 Å². The number of carbonyl (C=O) groups excluding carboxylic acids is 1. The van der Waals surface area contributed by atoms with Gasteiger partial charge < -0.3 is 9.47 Å². The first-order chi connectivity index (χ1) is 11.7. The molecule has 0 unspecified atom stereocenters. The summed E-state index contributed by atoms with van der Waals surface area (Å²) in [4.78, 5) is 17.4. The number of nitrogens with one attached hydrogen (secondary N) is 1. The molecule has 1 amide bonds. The van der Waals surface area contributed by atoms with Crippen LogP contribution in [0.3, 0.4) is 0 Å². The van der Waals surface area contributed by atoms with Gasteiger partial charge in [-0.1, -0.05) is 36.4 Å². The molecule has 0 spiro atoms. The molecule has 0 saturated carbocycles. The second-order valence-corrected chi connectivity index (χ2v) is 5.95. The molecular weight excluding hydrogens is 324 g/mol. The Balaban J connectivity index is 2.06. The zero-order valence-corrected chi connectivity index (χ0v) is 14.7. The van der Waals surface area contributed by atoms with Crippen LogP contribution < -0.4 is 5.32 Å². The van der Waals surface area contributed by atoms with Crippen molar-refractivity contribution in [3.05, 3.63) is 58.3 Å². The molecule has 1 aromatic heterocycles. The molecule has 2 aromatic rings. The molecule has 128 valence electrons. The van der Waals surface area contributed by atoms with Crippen LogP contribution in [-0.4, -0.2) is 31.7 Å². The second kappa shape index (κ2) is 9.85. The molecule has 5 nitrogen and oxygen atoms in total. The molecule has 24 heavy (non-hydrogen) atoms. The Bertz CT molecular complexity index is 642. The molecule has 0 aliphatic heterocycles. The van der Waals surface area contributed by atoms with Gasteiger partial charge in [-0.15, -0.1) is 11.3 Å². The summed E-state index contributed by atoms with van der Waals surface area (Å²) in [5.41, 5.74) is 1.05. The maximum Gasteiger partial charge on any atom is 0.292 e. The Kier molecular flexibility index (Phi) is 7.45. The number of hydrogen-bond acceptors (Lipinski definition) is 5. The van der Waals surface area contributed by atoms with Crippen molar-refractivity contribution < 1.29 is 14.3 Å². The average molecular weight is 346 g/mol. The van der Waals surface area contributed by atoms with Gasteiger partial charge in [-0.3, -0.25) is 10.1 Å². The van der Waals surface area contributed by atoms with E-state index < -0.39 is 0 Å². The highest BCUT2D eigenvalue weighted by Crippen LogP contribution is 2.16. The van der Waals surface area contributed by atoms with E-state index >= 15 is 0 Å². The van der Waals surface area contributed by atoms with E-state index in [1.165, 1.54) is 11.3 Å². The maximum absolute atomic E-state index is 12.2. The number of thiophene rings is 1. The third-order valence-electron chi connectivity index (χ3n) is 3.23. The predicted octanol–water partition coefficient (Wildman–Crippen LogP) is 3.65. The molecule has 1 N–H and O–H groups in total. The molecule has 0 bridgehead atoms. The number of hydrogen-bond donors (Lipinski definition) is 1. The summed E-state index contributed by atoms with van der Waals surface area (Å²) in [5, 5.41) is 4.60. The quantitative estimate of drug-likeness (QED) is 0.473. The topological polar surface area (TPSA) is 59.9 Å². The second-order valence-electron chi connectivity index (χ2n) is 5.00. The van der Waals surface area contributed by atoms with Crippen LogP contribution >= 0.6 is 11.3 Å². The number of amidine groups is 1. The Labute approximate surface area is 146 Å². The fourth-order valence-corrected chi connectivity index (χ4v) is 2.61. The lowest BCUT2D eigenvalue weighted by Crippen LogP contribution is -2.33. The van der Waals surface area contributed by atoms with E-state index in [1.54, 1.807) is 6.07 Å². The average Bonchev–Trinajstić information content (AvgIpc) is 3.14. The smallest absolute Gasteiger partial charge is 0.292 e. The van der Waals surface area contributed by atoms with E-state index in [-0.39, 0.29) is 18.0 Å². The first-order valence-electron chi connectivity index (χ1n) is 7.89. The highest BCUT2D eigenvalue weighted by atomic mass is 32.1. The molecule has 1 heterocycles. The standard InChI is InChI=1S/C18H22N2O3S/c1-3-22-11-12-23-18(20-17(21)16-10-7-13-24-16)19-14(2)15-8-5-4-6-9-15/h4-10,13-14H,3,11-12H2,1-2H3,(H,19,20,21)/t14-/m0/s1. The summed E-state index contributed by atoms with van der Waals surface area (Å²) in [6.45, 7) is 5.28. The summed E-state index contributed by atoms with van der Waals surface area (Å²) < 4.78 is 10.9. The first-order valence-corrected chi connectivity index (χ1v) is 8.76. The number of rotatable bonds is 7. The lowest BCUT2D eigenvalue weighted by Gasteiger charge is -2.13. The van der Waals surface area contributed by atoms with Crippen LogP contribution in [0, 0.1) is 0 Å². The molecule has 1 atom stereocenters. The minimum absolute atomic E-state index is 0.128. The minimum atomic E-state index is -0.222. The zero-order valence-electron chi connectivity index (χ0n) is 13.9. The van der Waals surface area contributed by atoms with E-state index in [9.17, 15) is 4.79 Å². The van der Waals surface area contributed by atoms with Gasteiger partial charge in [-0.05, 0) is 30.9 Å². The van der Waals surface area contributed by atoms with Gasteiger partial charge in [0.05, 0.1) is 17.5 Å². The molecular formula is C18H22N2O3S. The van der Waals surface area contributed by atoms with Crippen LogP contribution in [0.5, 0.6) is 0 Å². The lowest BCUT2D eigenvalue weighted by atomic mass is 10.1. The normalized spacial score (nSPS) is 12.7. The van der Waals surface area contributed by atoms with E-state index in [0.29, 0.717) is 24.7 Å². The molecule has 0 aliphatic rings. The Morgan fingerprint density at radius 3 is 2.67 bits per heavy atom. The summed E-state index contributed by atoms with van der Waals surface area (Å²) in [5.74, 6) is -0.222. The molecule has 1 aromatic carbocycles. The van der Waals surface area contributed by atoms with E-state index in [4.69, 9.17) is 9.47 Å². The molecule has 0 fully saturated rings. The van der Waals surface area contributed by atoms with Crippen LogP contribution in [-0.2, 0) is 9.47 Å². The van der Waals surface area contributed by atoms with Crippen LogP contribution in [0.25, 0.3) is 0 Å². The predicted molar refractivity (Wildman–Crippen MR) is 96.5 cm³/mol. The van der Waals surface area contributed by atoms with Gasteiger partial charge in [0.25, 0.3) is 11.9 Å². The molecule has 0 radical (unpaired) electrons. The van der Waals surface area contributed by atoms with Gasteiger partial charge in [0.1, 0.15) is 6.61 Å². The van der Waals surface area contributed by atoms with Crippen molar-refractivity contribution in [1.82, 2.24) is 5.32 Å². The van der Waals surface area contributed by atoms with Gasteiger partial charge in [0, 0.05) is 6.61 Å². The number of aliphatic imine (C=N–C) groups is 1. The van der Waals surface area contributed by atoms with Crippen molar-refractivity contribution in [3.8, 4) is 0 Å². The number of amides is 1. The molecule has 2 rings (SSSR count). The number of benzene rings is 1. The highest BCUT2D eigenvalue weighted by molar-refractivity contribution is 7.12. The molecule has 0 saturated heterocycles. The van der Waals surface area contributed by atoms with Crippen LogP contribution in [0.15, 0.2) is 52.8 Å². The molecule has 6 heteroatoms. The summed E-state index contributed by atoms with van der Waals surface area (Å²) in [6.07, 6.45) is 0. The number of nitrogens with zero attached hydrogens (tertiary/aromatic N) is 1. The van der Waals surface area contributed by atoms with Crippen LogP contribution in [0.2, 0.25) is 0 Å². The van der Waals surface area contributed by atoms with Gasteiger partial charge in [-0.25, -0.2) is 4.99 Å². The van der Waals surface area contributed by atoms with Gasteiger partial charge in [0.2, 0.25) is 0 Å². The van der Waals surface area contributed by atoms with Crippen molar-refractivity contribution in [2.45, 2.75) is 19.9 Å². The summed E-state index contributed by atoms with van der Waals surface area (Å²) >= 11 is 1.37. The van der Waals surface area contributed by atoms with Crippen molar-refractivity contribution in [1.29, 1.82) is 0 Å². The largest absolute Gasteiger partial charge is 0.463 e. The Morgan fingerprint density at radius 2 is 2.00 bits per heavy atom. The lowest BCUT2D eigenvalue weighted by molar-refractivity contribution is 0.0924. The van der Waals surface area contributed by atoms with E-state index in [1.807, 2.05) is 55.6 Å². The van der Waals surface area contributed by atoms with Gasteiger partial charge >= 0.3 is 0 Å². The summed E-state index contributed by atoms with van der Waals surface area (Å²) in [7, 11) is 0. The Hall–Kier alpha value is -2.18. The monoisotopic (exact) mass is 346 g/mol. The third-order valence-corrected chi connectivity index (χ3v) is 4.10. The van der Waals surface area contributed by atoms with E-state index in [2.05, 4.69) is 10.3 Å². The highest BCUT2D eigenvalue weighted by Gasteiger charge is 2.13. The first kappa shape index (κ1) is 18.2. The SMILES string of the molecule is CCOCCOC(=N[C@@H](C)c1ccccc1)NC(=O)c1cccs1. The third kappa shape index (κ3) is 5.79. The Morgan fingerprint density at radius 1 is 1.21 bits per heavy atom. The van der Waals surface area contributed by atoms with Gasteiger partial charge in [-0.2, -0.15) is 0 Å².